The molecule has 9 heteroatoms. The van der Waals surface area contributed by atoms with Crippen LogP contribution in [0.4, 0.5) is 10.8 Å². The summed E-state index contributed by atoms with van der Waals surface area (Å²) in [5.41, 5.74) is 2.78. The molecule has 1 amide bonds. The second-order valence-electron chi connectivity index (χ2n) is 6.84. The molecule has 0 atom stereocenters. The lowest BCUT2D eigenvalue weighted by atomic mass is 10.1. The lowest BCUT2D eigenvalue weighted by molar-refractivity contribution is 0.0999. The van der Waals surface area contributed by atoms with E-state index >= 15 is 0 Å². The molecule has 0 aliphatic carbocycles. The minimum absolute atomic E-state index is 0.100. The zero-order valence-electron chi connectivity index (χ0n) is 15.4. The van der Waals surface area contributed by atoms with Crippen LogP contribution in [0.3, 0.4) is 0 Å². The smallest absolute Gasteiger partial charge is 0.264 e. The summed E-state index contributed by atoms with van der Waals surface area (Å²) in [5, 5.41) is 1.92. The summed E-state index contributed by atoms with van der Waals surface area (Å²) < 4.78 is 29.7. The number of aromatic nitrogens is 1. The first kappa shape index (κ1) is 18.4. The number of amides is 1. The molecule has 2 heterocycles. The Hall–Kier alpha value is -2.68. The highest BCUT2D eigenvalue weighted by molar-refractivity contribution is 7.93. The Morgan fingerprint density at radius 1 is 1.14 bits per heavy atom. The van der Waals surface area contributed by atoms with Gasteiger partial charge in [-0.2, -0.15) is 0 Å². The first-order chi connectivity index (χ1) is 13.8. The molecule has 0 fully saturated rings. The van der Waals surface area contributed by atoms with Crippen molar-refractivity contribution in [3.05, 3.63) is 58.6 Å². The van der Waals surface area contributed by atoms with E-state index in [4.69, 9.17) is 11.6 Å². The monoisotopic (exact) mass is 443 g/mol. The van der Waals surface area contributed by atoms with Crippen LogP contribution in [0.5, 0.6) is 0 Å². The molecule has 5 rings (SSSR count). The van der Waals surface area contributed by atoms with Crippen LogP contribution >= 0.6 is 22.9 Å². The largest absolute Gasteiger partial charge is 0.311 e. The van der Waals surface area contributed by atoms with E-state index in [9.17, 15) is 13.2 Å². The average molecular weight is 444 g/mol. The van der Waals surface area contributed by atoms with Gasteiger partial charge in [0.15, 0.2) is 5.13 Å². The van der Waals surface area contributed by atoms with Crippen molar-refractivity contribution in [3.63, 3.8) is 0 Å². The minimum atomic E-state index is -3.93. The van der Waals surface area contributed by atoms with Crippen LogP contribution in [0.2, 0.25) is 5.02 Å². The van der Waals surface area contributed by atoms with Gasteiger partial charge in [0.2, 0.25) is 0 Å². The van der Waals surface area contributed by atoms with Crippen LogP contribution in [0.25, 0.3) is 21.0 Å². The fourth-order valence-corrected chi connectivity index (χ4v) is 6.31. The van der Waals surface area contributed by atoms with Crippen LogP contribution in [0.15, 0.2) is 47.4 Å². The molecular formula is C20H14ClN3O3S2. The summed E-state index contributed by atoms with van der Waals surface area (Å²) in [4.78, 5) is 18.5. The van der Waals surface area contributed by atoms with Gasteiger partial charge in [0.05, 0.1) is 25.8 Å². The fraction of sp³-hybridized carbons (Fsp3) is 0.100. The lowest BCUT2D eigenvalue weighted by Crippen LogP contribution is -2.20. The number of hydrogen-bond donors (Lipinski definition) is 1. The first-order valence-corrected chi connectivity index (χ1v) is 11.4. The number of nitrogens with one attached hydrogen (secondary N) is 1. The molecule has 6 nitrogen and oxygen atoms in total. The van der Waals surface area contributed by atoms with Crippen molar-refractivity contribution in [2.75, 3.05) is 16.7 Å². The van der Waals surface area contributed by atoms with E-state index in [1.807, 2.05) is 13.0 Å². The summed E-state index contributed by atoms with van der Waals surface area (Å²) in [7, 11) is -2.25. The van der Waals surface area contributed by atoms with Gasteiger partial charge in [-0.15, -0.1) is 0 Å². The Balaban J connectivity index is 1.65. The number of sulfonamides is 1. The number of nitrogens with zero attached hydrogens (tertiary/aromatic N) is 2. The summed E-state index contributed by atoms with van der Waals surface area (Å²) in [6, 6.07) is 11.9. The number of carbonyl (C=O) groups excluding carboxylic acids is 1. The maximum Gasteiger partial charge on any atom is 0.264 e. The number of aryl methyl sites for hydroxylation is 1. The van der Waals surface area contributed by atoms with Crippen LogP contribution in [0, 0.1) is 6.92 Å². The molecule has 1 aliphatic rings. The number of thiazole rings is 1. The van der Waals surface area contributed by atoms with E-state index < -0.39 is 10.0 Å². The molecule has 1 N–H and O–H groups in total. The van der Waals surface area contributed by atoms with Crippen molar-refractivity contribution in [1.82, 2.24) is 4.98 Å². The molecule has 0 bridgehead atoms. The number of halogens is 1. The predicted molar refractivity (Wildman–Crippen MR) is 117 cm³/mol. The molecule has 0 saturated carbocycles. The van der Waals surface area contributed by atoms with E-state index in [1.54, 1.807) is 37.4 Å². The van der Waals surface area contributed by atoms with Crippen molar-refractivity contribution >= 4 is 70.7 Å². The van der Waals surface area contributed by atoms with E-state index in [0.29, 0.717) is 32.6 Å². The summed E-state index contributed by atoms with van der Waals surface area (Å²) in [5.74, 6) is -0.149. The van der Waals surface area contributed by atoms with Crippen LogP contribution in [-0.4, -0.2) is 26.4 Å². The Morgan fingerprint density at radius 2 is 1.93 bits per heavy atom. The highest BCUT2D eigenvalue weighted by Crippen LogP contribution is 2.40. The van der Waals surface area contributed by atoms with Crippen LogP contribution < -0.4 is 9.62 Å². The molecule has 1 aromatic heterocycles. The number of fused-ring (bicyclic) bond motifs is 1. The number of benzene rings is 3. The maximum absolute atomic E-state index is 13.2. The zero-order valence-corrected chi connectivity index (χ0v) is 17.7. The standard InChI is InChI=1S/C20H14ClN3O3S2/c1-10-6-7-13(21)18-17(10)22-20(28-18)23-29(26,27)15-9-8-14-16-11(15)4-3-5-12(16)19(25)24(14)2/h3-9H,1-2H3,(H,22,23). The van der Waals surface area contributed by atoms with Crippen molar-refractivity contribution in [2.45, 2.75) is 11.8 Å². The van der Waals surface area contributed by atoms with Gasteiger partial charge in [0.25, 0.3) is 15.9 Å². The van der Waals surface area contributed by atoms with Gasteiger partial charge < -0.3 is 4.90 Å². The van der Waals surface area contributed by atoms with Crippen LogP contribution in [-0.2, 0) is 10.0 Å². The normalized spacial score (nSPS) is 13.6. The molecule has 0 saturated heterocycles. The summed E-state index contributed by atoms with van der Waals surface area (Å²) in [6.45, 7) is 1.90. The molecule has 4 aromatic rings. The quantitative estimate of drug-likeness (QED) is 0.493. The first-order valence-electron chi connectivity index (χ1n) is 8.70. The molecule has 0 unspecified atom stereocenters. The van der Waals surface area contributed by atoms with Crippen molar-refractivity contribution in [2.24, 2.45) is 0 Å². The van der Waals surface area contributed by atoms with E-state index in [-0.39, 0.29) is 15.9 Å². The molecular weight excluding hydrogens is 430 g/mol. The van der Waals surface area contributed by atoms with Gasteiger partial charge in [-0.3, -0.25) is 9.52 Å². The third-order valence-electron chi connectivity index (χ3n) is 5.08. The van der Waals surface area contributed by atoms with Gasteiger partial charge in [-0.05, 0) is 36.8 Å². The predicted octanol–water partition coefficient (Wildman–Crippen LogP) is 4.80. The molecule has 1 aliphatic heterocycles. The Bertz CT molecular complexity index is 1420. The molecule has 0 spiro atoms. The van der Waals surface area contributed by atoms with Gasteiger partial charge in [0.1, 0.15) is 0 Å². The third kappa shape index (κ3) is 2.63. The number of hydrogen-bond acceptors (Lipinski definition) is 5. The topological polar surface area (TPSA) is 79.4 Å². The second kappa shape index (κ2) is 6.16. The van der Waals surface area contributed by atoms with Crippen LogP contribution in [0.1, 0.15) is 15.9 Å². The highest BCUT2D eigenvalue weighted by atomic mass is 35.5. The summed E-state index contributed by atoms with van der Waals surface area (Å²) >= 11 is 7.42. The lowest BCUT2D eigenvalue weighted by Gasteiger charge is -2.12. The Kier molecular flexibility index (Phi) is 3.90. The zero-order chi connectivity index (χ0) is 20.5. The SMILES string of the molecule is Cc1ccc(Cl)c2sc(NS(=O)(=O)c3ccc4c5c(cccc35)C(=O)N4C)nc12. The maximum atomic E-state index is 13.2. The molecule has 146 valence electrons. The van der Waals surface area contributed by atoms with E-state index in [0.717, 1.165) is 10.3 Å². The van der Waals surface area contributed by atoms with Gasteiger partial charge in [0, 0.05) is 23.4 Å². The summed E-state index contributed by atoms with van der Waals surface area (Å²) in [6.07, 6.45) is 0. The second-order valence-corrected chi connectivity index (χ2v) is 9.90. The Morgan fingerprint density at radius 3 is 2.69 bits per heavy atom. The fourth-order valence-electron chi connectivity index (χ4n) is 3.66. The number of carbonyl (C=O) groups is 1. The van der Waals surface area contributed by atoms with Crippen molar-refractivity contribution in [1.29, 1.82) is 0 Å². The highest BCUT2D eigenvalue weighted by Gasteiger charge is 2.30. The minimum Gasteiger partial charge on any atom is -0.311 e. The van der Waals surface area contributed by atoms with E-state index in [2.05, 4.69) is 9.71 Å². The molecule has 29 heavy (non-hydrogen) atoms. The van der Waals surface area contributed by atoms with Crippen molar-refractivity contribution in [3.8, 4) is 0 Å². The third-order valence-corrected chi connectivity index (χ3v) is 8.04. The van der Waals surface area contributed by atoms with E-state index in [1.165, 1.54) is 22.3 Å². The number of rotatable bonds is 3. The van der Waals surface area contributed by atoms with Gasteiger partial charge >= 0.3 is 0 Å². The molecule has 3 aromatic carbocycles. The Labute approximate surface area is 175 Å². The number of anilines is 2. The van der Waals surface area contributed by atoms with Crippen molar-refractivity contribution < 1.29 is 13.2 Å². The molecule has 0 radical (unpaired) electrons. The van der Waals surface area contributed by atoms with Gasteiger partial charge in [-0.1, -0.05) is 41.1 Å². The van der Waals surface area contributed by atoms with Gasteiger partial charge in [-0.25, -0.2) is 13.4 Å². The average Bonchev–Trinajstić information content (AvgIpc) is 3.22.